The molecule has 1 aliphatic rings. The van der Waals surface area contributed by atoms with E-state index in [1.54, 1.807) is 0 Å². The normalized spacial score (nSPS) is 34.5. The van der Waals surface area contributed by atoms with Crippen molar-refractivity contribution in [1.82, 2.24) is 5.32 Å². The molecule has 6 heavy (non-hydrogen) atoms. The first kappa shape index (κ1) is 4.13. The van der Waals surface area contributed by atoms with Gasteiger partial charge in [-0.2, -0.15) is 0 Å². The molecule has 0 spiro atoms. The van der Waals surface area contributed by atoms with Crippen LogP contribution in [0.5, 0.6) is 0 Å². The maximum Gasteiger partial charge on any atom is 0.0218 e. The van der Waals surface area contributed by atoms with Crippen molar-refractivity contribution in [3.05, 3.63) is 0 Å². The van der Waals surface area contributed by atoms with Crippen molar-refractivity contribution < 1.29 is 0 Å². The summed E-state index contributed by atoms with van der Waals surface area (Å²) in [6.45, 7) is 3.29. The molecule has 1 nitrogen and oxygen atoms in total. The van der Waals surface area contributed by atoms with Crippen LogP contribution in [0.25, 0.3) is 0 Å². The Hall–Kier alpha value is -0.0400. The van der Waals surface area contributed by atoms with E-state index in [1.807, 2.05) is 0 Å². The number of nitrogens with zero attached hydrogens (tertiary/aromatic N) is 1. The van der Waals surface area contributed by atoms with Crippen molar-refractivity contribution >= 4 is 0 Å². The van der Waals surface area contributed by atoms with E-state index in [0.717, 1.165) is 6.54 Å². The Morgan fingerprint density at radius 2 is 2.50 bits per heavy atom. The highest BCUT2D eigenvalue weighted by atomic mass is 14.9. The fourth-order valence-electron chi connectivity index (χ4n) is 0.790. The minimum absolute atomic E-state index is 0.671. The summed E-state index contributed by atoms with van der Waals surface area (Å²) in [4.78, 5) is 0. The van der Waals surface area contributed by atoms with Crippen LogP contribution in [0, 0.1) is 0 Å². The van der Waals surface area contributed by atoms with Crippen LogP contribution in [-0.2, 0) is 0 Å². The largest absolute Gasteiger partial charge is 0.239 e. The lowest BCUT2D eigenvalue weighted by molar-refractivity contribution is 0.652. The number of hydrogen-bond donors (Lipinski definition) is 0. The Morgan fingerprint density at radius 3 is 2.67 bits per heavy atom. The summed E-state index contributed by atoms with van der Waals surface area (Å²) in [5.74, 6) is 0. The van der Waals surface area contributed by atoms with Gasteiger partial charge in [0.2, 0.25) is 0 Å². The van der Waals surface area contributed by atoms with E-state index in [1.165, 1.54) is 12.8 Å². The van der Waals surface area contributed by atoms with E-state index in [4.69, 9.17) is 0 Å². The third kappa shape index (κ3) is 0.716. The molecule has 1 fully saturated rings. The molecular weight excluding hydrogens is 74.1 g/mol. The molecule has 1 rings (SSSR count). The van der Waals surface area contributed by atoms with Gasteiger partial charge in [-0.1, -0.05) is 0 Å². The van der Waals surface area contributed by atoms with Crippen molar-refractivity contribution in [2.24, 2.45) is 0 Å². The van der Waals surface area contributed by atoms with Gasteiger partial charge in [0.15, 0.2) is 0 Å². The van der Waals surface area contributed by atoms with Gasteiger partial charge in [0.1, 0.15) is 0 Å². The topological polar surface area (TPSA) is 14.1 Å². The molecule has 0 bridgehead atoms. The SMILES string of the molecule is C[C@@H]1CCC[N]1. The van der Waals surface area contributed by atoms with Crippen LogP contribution in [0.4, 0.5) is 0 Å². The van der Waals surface area contributed by atoms with Crippen LogP contribution in [0.1, 0.15) is 19.8 Å². The molecule has 0 N–H and O–H groups in total. The zero-order valence-corrected chi connectivity index (χ0v) is 4.15. The van der Waals surface area contributed by atoms with Crippen LogP contribution in [0.15, 0.2) is 0 Å². The molecule has 1 atom stereocenters. The van der Waals surface area contributed by atoms with Crippen molar-refractivity contribution in [2.45, 2.75) is 25.8 Å². The van der Waals surface area contributed by atoms with E-state index in [9.17, 15) is 0 Å². The predicted octanol–water partition coefficient (Wildman–Crippen LogP) is 0.773. The monoisotopic (exact) mass is 84.1 g/mol. The standard InChI is InChI=1S/C5H10N/c1-5-3-2-4-6-5/h5H,2-4H2,1H3/t5-/m1/s1. The second kappa shape index (κ2) is 1.61. The molecule has 1 radical (unpaired) electrons. The first-order chi connectivity index (χ1) is 2.89. The molecule has 0 unspecified atom stereocenters. The first-order valence-electron chi connectivity index (χ1n) is 2.56. The van der Waals surface area contributed by atoms with Gasteiger partial charge in [0.05, 0.1) is 0 Å². The molecule has 1 saturated heterocycles. The van der Waals surface area contributed by atoms with Crippen molar-refractivity contribution in [3.8, 4) is 0 Å². The van der Waals surface area contributed by atoms with E-state index >= 15 is 0 Å². The van der Waals surface area contributed by atoms with Crippen LogP contribution < -0.4 is 5.32 Å². The summed E-state index contributed by atoms with van der Waals surface area (Å²) in [5.41, 5.74) is 0. The number of hydrogen-bond acceptors (Lipinski definition) is 0. The van der Waals surface area contributed by atoms with Crippen LogP contribution in [-0.4, -0.2) is 12.6 Å². The van der Waals surface area contributed by atoms with Crippen molar-refractivity contribution in [1.29, 1.82) is 0 Å². The first-order valence-corrected chi connectivity index (χ1v) is 2.56. The van der Waals surface area contributed by atoms with Crippen LogP contribution in [0.3, 0.4) is 0 Å². The quantitative estimate of drug-likeness (QED) is 0.411. The molecule has 0 aliphatic carbocycles. The summed E-state index contributed by atoms with van der Waals surface area (Å²) >= 11 is 0. The Balaban J connectivity index is 2.18. The zero-order chi connectivity index (χ0) is 4.41. The molecule has 1 heterocycles. The minimum Gasteiger partial charge on any atom is -0.239 e. The minimum atomic E-state index is 0.671. The van der Waals surface area contributed by atoms with Crippen molar-refractivity contribution in [2.75, 3.05) is 6.54 Å². The van der Waals surface area contributed by atoms with Crippen molar-refractivity contribution in [3.63, 3.8) is 0 Å². The van der Waals surface area contributed by atoms with Gasteiger partial charge >= 0.3 is 0 Å². The number of rotatable bonds is 0. The maximum absolute atomic E-state index is 4.24. The third-order valence-corrected chi connectivity index (χ3v) is 1.22. The Morgan fingerprint density at radius 1 is 1.67 bits per heavy atom. The lowest BCUT2D eigenvalue weighted by Gasteiger charge is -1.92. The van der Waals surface area contributed by atoms with Gasteiger partial charge in [-0.3, -0.25) is 0 Å². The fourth-order valence-corrected chi connectivity index (χ4v) is 0.790. The van der Waals surface area contributed by atoms with Gasteiger partial charge < -0.3 is 0 Å². The summed E-state index contributed by atoms with van der Waals surface area (Å²) in [6.07, 6.45) is 2.64. The zero-order valence-electron chi connectivity index (χ0n) is 4.15. The molecule has 0 aromatic rings. The molecular formula is C5H10N. The molecule has 35 valence electrons. The fraction of sp³-hybridized carbons (Fsp3) is 1.00. The lowest BCUT2D eigenvalue weighted by atomic mass is 10.3. The molecule has 0 aromatic heterocycles. The summed E-state index contributed by atoms with van der Waals surface area (Å²) in [5, 5.41) is 4.24. The molecule has 1 heteroatoms. The second-order valence-corrected chi connectivity index (χ2v) is 1.90. The Labute approximate surface area is 38.7 Å². The van der Waals surface area contributed by atoms with Gasteiger partial charge in [-0.25, -0.2) is 5.32 Å². The smallest absolute Gasteiger partial charge is 0.0218 e. The molecule has 0 amide bonds. The lowest BCUT2D eigenvalue weighted by Crippen LogP contribution is -2.07. The predicted molar refractivity (Wildman–Crippen MR) is 25.7 cm³/mol. The Bertz CT molecular complexity index is 37.2. The molecule has 0 aromatic carbocycles. The van der Waals surface area contributed by atoms with Gasteiger partial charge in [0, 0.05) is 12.6 Å². The van der Waals surface area contributed by atoms with E-state index in [0.29, 0.717) is 6.04 Å². The van der Waals surface area contributed by atoms with E-state index < -0.39 is 0 Å². The summed E-state index contributed by atoms with van der Waals surface area (Å²) < 4.78 is 0. The van der Waals surface area contributed by atoms with Gasteiger partial charge in [-0.15, -0.1) is 0 Å². The van der Waals surface area contributed by atoms with Crippen LogP contribution >= 0.6 is 0 Å². The average Bonchev–Trinajstić information content (AvgIpc) is 1.86. The maximum atomic E-state index is 4.24. The highest BCUT2D eigenvalue weighted by molar-refractivity contribution is 4.67. The van der Waals surface area contributed by atoms with E-state index in [-0.39, 0.29) is 0 Å². The van der Waals surface area contributed by atoms with Gasteiger partial charge in [-0.05, 0) is 19.8 Å². The second-order valence-electron chi connectivity index (χ2n) is 1.90. The summed E-state index contributed by atoms with van der Waals surface area (Å²) in [7, 11) is 0. The average molecular weight is 84.1 g/mol. The summed E-state index contributed by atoms with van der Waals surface area (Å²) in [6, 6.07) is 0.671. The van der Waals surface area contributed by atoms with Gasteiger partial charge in [0.25, 0.3) is 0 Å². The van der Waals surface area contributed by atoms with Crippen LogP contribution in [0.2, 0.25) is 0 Å². The molecule has 0 saturated carbocycles. The molecule has 1 aliphatic heterocycles. The third-order valence-electron chi connectivity index (χ3n) is 1.22. The van der Waals surface area contributed by atoms with E-state index in [2.05, 4.69) is 12.2 Å². The highest BCUT2D eigenvalue weighted by Gasteiger charge is 2.07. The highest BCUT2D eigenvalue weighted by Crippen LogP contribution is 2.03. The Kier molecular flexibility index (Phi) is 1.10.